The summed E-state index contributed by atoms with van der Waals surface area (Å²) >= 11 is 1.50. The van der Waals surface area contributed by atoms with Gasteiger partial charge in [0.15, 0.2) is 17.5 Å². The number of quaternary nitrogens is 1. The van der Waals surface area contributed by atoms with Gasteiger partial charge in [0.2, 0.25) is 10.8 Å². The number of hydrogen-bond acceptors (Lipinski definition) is 6. The summed E-state index contributed by atoms with van der Waals surface area (Å²) in [7, 11) is 3.28. The van der Waals surface area contributed by atoms with Crippen LogP contribution in [0.1, 0.15) is 36.2 Å². The Labute approximate surface area is 162 Å². The maximum absolute atomic E-state index is 10.8. The molecule has 144 valence electrons. The number of thiazole rings is 1. The smallest absolute Gasteiger partial charge is 0.235 e. The molecule has 0 saturated carbocycles. The van der Waals surface area contributed by atoms with E-state index in [0.29, 0.717) is 16.5 Å². The van der Waals surface area contributed by atoms with E-state index in [1.165, 1.54) is 39.9 Å². The summed E-state index contributed by atoms with van der Waals surface area (Å²) in [6.45, 7) is 4.43. The number of rotatable bonds is 5. The fourth-order valence-corrected chi connectivity index (χ4v) is 5.02. The second-order valence-corrected chi connectivity index (χ2v) is 8.14. The van der Waals surface area contributed by atoms with Crippen LogP contribution in [0.2, 0.25) is 0 Å². The first-order valence-electron chi connectivity index (χ1n) is 9.20. The first kappa shape index (κ1) is 18.1. The number of likely N-dealkylation sites (tertiary alicyclic amines) is 1. The van der Waals surface area contributed by atoms with Crippen molar-refractivity contribution in [1.82, 2.24) is 14.6 Å². The third-order valence-corrected chi connectivity index (χ3v) is 6.57. The van der Waals surface area contributed by atoms with Crippen LogP contribution in [-0.4, -0.2) is 47.0 Å². The topological polar surface area (TPSA) is 73.3 Å². The molecular formula is C19H25N4O3S+. The van der Waals surface area contributed by atoms with Crippen molar-refractivity contribution in [3.63, 3.8) is 0 Å². The summed E-state index contributed by atoms with van der Waals surface area (Å²) in [5.74, 6) is 2.33. The highest BCUT2D eigenvalue weighted by Crippen LogP contribution is 2.37. The molecule has 1 aliphatic heterocycles. The molecule has 2 N–H and O–H groups in total. The van der Waals surface area contributed by atoms with E-state index in [-0.39, 0.29) is 11.9 Å². The van der Waals surface area contributed by atoms with E-state index in [4.69, 9.17) is 9.47 Å². The van der Waals surface area contributed by atoms with Gasteiger partial charge in [0.1, 0.15) is 11.2 Å². The van der Waals surface area contributed by atoms with Crippen molar-refractivity contribution in [2.75, 3.05) is 27.3 Å². The van der Waals surface area contributed by atoms with E-state index < -0.39 is 0 Å². The molecule has 4 rings (SSSR count). The molecule has 0 aliphatic carbocycles. The highest BCUT2D eigenvalue weighted by molar-refractivity contribution is 7.17. The summed E-state index contributed by atoms with van der Waals surface area (Å²) < 4.78 is 12.4. The maximum atomic E-state index is 10.8. The Morgan fingerprint density at radius 1 is 1.22 bits per heavy atom. The molecule has 1 fully saturated rings. The zero-order valence-electron chi connectivity index (χ0n) is 15.8. The van der Waals surface area contributed by atoms with Crippen LogP contribution in [0.3, 0.4) is 0 Å². The van der Waals surface area contributed by atoms with Gasteiger partial charge in [0.25, 0.3) is 0 Å². The lowest BCUT2D eigenvalue weighted by Gasteiger charge is -2.33. The molecule has 0 unspecified atom stereocenters. The fraction of sp³-hybridized carbons (Fsp3) is 0.474. The molecule has 0 bridgehead atoms. The van der Waals surface area contributed by atoms with Crippen molar-refractivity contribution in [3.05, 3.63) is 35.0 Å². The van der Waals surface area contributed by atoms with Crippen LogP contribution in [-0.2, 0) is 0 Å². The van der Waals surface area contributed by atoms with Gasteiger partial charge in [0.05, 0.1) is 27.3 Å². The number of nitrogens with zero attached hydrogens (tertiary/aromatic N) is 3. The second-order valence-electron chi connectivity index (χ2n) is 7.13. The van der Waals surface area contributed by atoms with E-state index >= 15 is 0 Å². The molecule has 0 radical (unpaired) electrons. The van der Waals surface area contributed by atoms with Gasteiger partial charge in [-0.2, -0.15) is 9.61 Å². The fourth-order valence-electron chi connectivity index (χ4n) is 3.91. The standard InChI is InChI=1S/C19H24N4O3S/c1-12-6-8-22(9-7-12)16(13-4-5-14(25-2)15(10-13)26-3)17-18(24)23-19(27-17)20-11-21-23/h4-5,10-12,16,24H,6-9H2,1-3H3/p+1/t16-/m0/s1. The van der Waals surface area contributed by atoms with Crippen molar-refractivity contribution >= 4 is 16.3 Å². The largest absolute Gasteiger partial charge is 0.493 e. The summed E-state index contributed by atoms with van der Waals surface area (Å²) in [5.41, 5.74) is 1.09. The Morgan fingerprint density at radius 3 is 2.63 bits per heavy atom. The summed E-state index contributed by atoms with van der Waals surface area (Å²) in [5, 5.41) is 15.0. The predicted octanol–water partition coefficient (Wildman–Crippen LogP) is 1.92. The van der Waals surface area contributed by atoms with Crippen LogP contribution in [0.4, 0.5) is 0 Å². The first-order valence-corrected chi connectivity index (χ1v) is 10.0. The molecule has 3 aromatic rings. The normalized spacial score (nSPS) is 21.3. The maximum Gasteiger partial charge on any atom is 0.235 e. The minimum absolute atomic E-state index is 0.00538. The Balaban J connectivity index is 1.81. The number of piperidine rings is 1. The molecule has 3 heterocycles. The van der Waals surface area contributed by atoms with Crippen molar-refractivity contribution in [2.45, 2.75) is 25.8 Å². The van der Waals surface area contributed by atoms with Gasteiger partial charge in [-0.05, 0) is 37.0 Å². The number of hydrogen-bond donors (Lipinski definition) is 2. The zero-order valence-corrected chi connectivity index (χ0v) is 16.6. The number of aromatic hydroxyl groups is 1. The first-order chi connectivity index (χ1) is 13.1. The van der Waals surface area contributed by atoms with Crippen LogP contribution in [0.25, 0.3) is 4.96 Å². The van der Waals surface area contributed by atoms with Crippen molar-refractivity contribution < 1.29 is 19.5 Å². The van der Waals surface area contributed by atoms with Gasteiger partial charge < -0.3 is 19.5 Å². The monoisotopic (exact) mass is 389 g/mol. The third kappa shape index (κ3) is 3.23. The predicted molar refractivity (Wildman–Crippen MR) is 103 cm³/mol. The van der Waals surface area contributed by atoms with Gasteiger partial charge >= 0.3 is 0 Å². The lowest BCUT2D eigenvalue weighted by atomic mass is 9.95. The third-order valence-electron chi connectivity index (χ3n) is 5.47. The van der Waals surface area contributed by atoms with E-state index in [2.05, 4.69) is 23.1 Å². The Kier molecular flexibility index (Phi) is 4.92. The Hall–Kier alpha value is -2.32. The number of benzene rings is 1. The number of nitrogens with one attached hydrogen (secondary N) is 1. The molecule has 0 amide bonds. The van der Waals surface area contributed by atoms with Crippen LogP contribution < -0.4 is 14.4 Å². The van der Waals surface area contributed by atoms with Crippen molar-refractivity contribution in [3.8, 4) is 17.4 Å². The molecule has 1 atom stereocenters. The highest BCUT2D eigenvalue weighted by Gasteiger charge is 2.35. The number of aromatic nitrogens is 3. The number of ether oxygens (including phenoxy) is 2. The van der Waals surface area contributed by atoms with Crippen LogP contribution in [0, 0.1) is 5.92 Å². The molecule has 1 aliphatic rings. The SMILES string of the molecule is COc1ccc([C@@H](c2sc3ncnn3c2O)[NH+]2CCC(C)CC2)cc1OC. The van der Waals surface area contributed by atoms with Crippen molar-refractivity contribution in [1.29, 1.82) is 0 Å². The minimum atomic E-state index is 0.00538. The second kappa shape index (κ2) is 7.36. The average Bonchev–Trinajstić information content (AvgIpc) is 3.27. The van der Waals surface area contributed by atoms with Crippen LogP contribution in [0.5, 0.6) is 17.4 Å². The van der Waals surface area contributed by atoms with Gasteiger partial charge in [-0.15, -0.1) is 0 Å². The molecule has 7 nitrogen and oxygen atoms in total. The Morgan fingerprint density at radius 2 is 1.96 bits per heavy atom. The highest BCUT2D eigenvalue weighted by atomic mass is 32.1. The minimum Gasteiger partial charge on any atom is -0.493 e. The van der Waals surface area contributed by atoms with Crippen LogP contribution >= 0.6 is 11.3 Å². The lowest BCUT2D eigenvalue weighted by molar-refractivity contribution is -0.931. The molecule has 2 aromatic heterocycles. The lowest BCUT2D eigenvalue weighted by Crippen LogP contribution is -3.13. The molecule has 8 heteroatoms. The molecular weight excluding hydrogens is 364 g/mol. The quantitative estimate of drug-likeness (QED) is 0.698. The van der Waals surface area contributed by atoms with E-state index in [1.54, 1.807) is 14.2 Å². The molecule has 1 aromatic carbocycles. The number of methoxy groups -OCH3 is 2. The average molecular weight is 390 g/mol. The van der Waals surface area contributed by atoms with Gasteiger partial charge in [0, 0.05) is 5.56 Å². The van der Waals surface area contributed by atoms with Crippen LogP contribution in [0.15, 0.2) is 24.5 Å². The summed E-state index contributed by atoms with van der Waals surface area (Å²) in [6.07, 6.45) is 3.83. The molecule has 1 saturated heterocycles. The van der Waals surface area contributed by atoms with Gasteiger partial charge in [-0.3, -0.25) is 0 Å². The van der Waals surface area contributed by atoms with E-state index in [9.17, 15) is 5.11 Å². The van der Waals surface area contributed by atoms with E-state index in [1.807, 2.05) is 12.1 Å². The summed E-state index contributed by atoms with van der Waals surface area (Å²) in [4.78, 5) is 7.29. The van der Waals surface area contributed by atoms with E-state index in [0.717, 1.165) is 29.4 Å². The molecule has 27 heavy (non-hydrogen) atoms. The van der Waals surface area contributed by atoms with Crippen molar-refractivity contribution in [2.24, 2.45) is 5.92 Å². The van der Waals surface area contributed by atoms with Gasteiger partial charge in [-0.1, -0.05) is 18.3 Å². The molecule has 0 spiro atoms. The Bertz CT molecular complexity index is 930. The number of fused-ring (bicyclic) bond motifs is 1. The summed E-state index contributed by atoms with van der Waals surface area (Å²) in [6, 6.07) is 6.02. The zero-order chi connectivity index (χ0) is 19.0. The van der Waals surface area contributed by atoms with Gasteiger partial charge in [-0.25, -0.2) is 4.98 Å².